The second kappa shape index (κ2) is 9.04. The minimum absolute atomic E-state index is 0. The number of halogens is 1. The number of hydrogen-bond acceptors (Lipinski definition) is 3. The van der Waals surface area contributed by atoms with Gasteiger partial charge in [-0.05, 0) is 0 Å². The summed E-state index contributed by atoms with van der Waals surface area (Å²) in [4.78, 5) is 4.23. The van der Waals surface area contributed by atoms with Gasteiger partial charge in [-0.25, -0.2) is 0 Å². The van der Waals surface area contributed by atoms with E-state index in [1.54, 1.807) is 0 Å². The minimum atomic E-state index is -2.26. The van der Waals surface area contributed by atoms with Crippen LogP contribution < -0.4 is 8.92 Å². The Hall–Kier alpha value is -1.39. The molecule has 0 fully saturated rings. The summed E-state index contributed by atoms with van der Waals surface area (Å²) in [7, 11) is 8.15. The maximum atomic E-state index is 13.2. The van der Waals surface area contributed by atoms with Crippen LogP contribution in [0.1, 0.15) is 11.1 Å². The van der Waals surface area contributed by atoms with Crippen LogP contribution >= 0.6 is 0 Å². The third-order valence-corrected chi connectivity index (χ3v) is 6.67. The van der Waals surface area contributed by atoms with Gasteiger partial charge in [0, 0.05) is 0 Å². The van der Waals surface area contributed by atoms with Crippen molar-refractivity contribution in [2.45, 2.75) is 13.1 Å². The fraction of sp³-hybridized carbons (Fsp3) is 0.333. The van der Waals surface area contributed by atoms with Crippen LogP contribution in [0, 0.1) is 0 Å². The normalized spacial score (nSPS) is 11.1. The zero-order valence-corrected chi connectivity index (χ0v) is 15.9. The van der Waals surface area contributed by atoms with E-state index in [1.165, 1.54) is 0 Å². The Bertz CT molecular complexity index is 603. The van der Waals surface area contributed by atoms with E-state index in [2.05, 4.69) is 21.9 Å². The molecule has 0 unspecified atom stereocenters. The molecule has 0 amide bonds. The summed E-state index contributed by atoms with van der Waals surface area (Å²) in [5.41, 5.74) is 2.32. The van der Waals surface area contributed by atoms with Crippen molar-refractivity contribution >= 4 is 22.8 Å². The Kier molecular flexibility index (Phi) is 7.73. The molecule has 0 N–H and O–H groups in total. The Balaban J connectivity index is 0.00000264. The van der Waals surface area contributed by atoms with Gasteiger partial charge in [0.15, 0.2) is 0 Å². The molecule has 0 aromatic heterocycles. The van der Waals surface area contributed by atoms with Crippen molar-refractivity contribution in [2.75, 3.05) is 28.2 Å². The topological polar surface area (TPSA) is 23.6 Å². The van der Waals surface area contributed by atoms with Crippen molar-refractivity contribution in [1.29, 1.82) is 0 Å². The summed E-state index contributed by atoms with van der Waals surface area (Å²) in [5, 5.41) is 0. The van der Waals surface area contributed by atoms with Gasteiger partial charge in [0.25, 0.3) is 0 Å². The van der Waals surface area contributed by atoms with E-state index in [0.717, 1.165) is 33.1 Å². The smallest absolute Gasteiger partial charge is 0.269 e. The fourth-order valence-electron chi connectivity index (χ4n) is 2.43. The summed E-state index contributed by atoms with van der Waals surface area (Å²) >= 11 is -2.26. The SMILES string of the molecule is CN(C)Cc1ccccc1[Se](=O)c1ccccc1CN(C)C.F. The predicted molar refractivity (Wildman–Crippen MR) is 95.9 cm³/mol. The van der Waals surface area contributed by atoms with E-state index in [-0.39, 0.29) is 4.70 Å². The van der Waals surface area contributed by atoms with Gasteiger partial charge in [-0.2, -0.15) is 0 Å². The Morgan fingerprint density at radius 1 is 0.739 bits per heavy atom. The predicted octanol–water partition coefficient (Wildman–Crippen LogP) is 1.50. The van der Waals surface area contributed by atoms with Crippen LogP contribution in [0.5, 0.6) is 0 Å². The van der Waals surface area contributed by atoms with Crippen LogP contribution in [0.15, 0.2) is 48.5 Å². The van der Waals surface area contributed by atoms with Gasteiger partial charge >= 0.3 is 137 Å². The first-order valence-corrected chi connectivity index (χ1v) is 9.77. The summed E-state index contributed by atoms with van der Waals surface area (Å²) < 4.78 is 15.2. The van der Waals surface area contributed by atoms with Crippen LogP contribution in [-0.4, -0.2) is 51.8 Å². The molecular weight excluding hydrogens is 358 g/mol. The van der Waals surface area contributed by atoms with E-state index in [4.69, 9.17) is 0 Å². The van der Waals surface area contributed by atoms with Gasteiger partial charge < -0.3 is 0 Å². The van der Waals surface area contributed by atoms with E-state index in [0.29, 0.717) is 0 Å². The van der Waals surface area contributed by atoms with Gasteiger partial charge in [0.2, 0.25) is 0 Å². The first-order valence-electron chi connectivity index (χ1n) is 7.36. The van der Waals surface area contributed by atoms with Crippen LogP contribution in [0.2, 0.25) is 0 Å². The fourth-order valence-corrected chi connectivity index (χ4v) is 5.33. The van der Waals surface area contributed by atoms with Crippen LogP contribution in [0.4, 0.5) is 4.70 Å². The molecule has 0 aliphatic carbocycles. The molecule has 2 aromatic rings. The van der Waals surface area contributed by atoms with Crippen molar-refractivity contribution in [3.05, 3.63) is 59.7 Å². The van der Waals surface area contributed by atoms with Crippen molar-refractivity contribution in [2.24, 2.45) is 0 Å². The molecule has 0 spiro atoms. The van der Waals surface area contributed by atoms with Gasteiger partial charge in [-0.15, -0.1) is 0 Å². The Morgan fingerprint density at radius 3 is 1.43 bits per heavy atom. The molecular formula is C18H25FN2OSe. The average molecular weight is 383 g/mol. The summed E-state index contributed by atoms with van der Waals surface area (Å²) in [5.74, 6) is 0. The molecule has 2 rings (SSSR count). The molecule has 0 heterocycles. The van der Waals surface area contributed by atoms with Crippen molar-refractivity contribution in [3.8, 4) is 0 Å². The van der Waals surface area contributed by atoms with E-state index in [9.17, 15) is 3.83 Å². The van der Waals surface area contributed by atoms with Crippen LogP contribution in [0.3, 0.4) is 0 Å². The van der Waals surface area contributed by atoms with Crippen LogP contribution in [0.25, 0.3) is 0 Å². The molecule has 0 saturated heterocycles. The average Bonchev–Trinajstić information content (AvgIpc) is 2.46. The maximum absolute atomic E-state index is 13.2. The van der Waals surface area contributed by atoms with Crippen molar-refractivity contribution in [1.82, 2.24) is 9.80 Å². The zero-order valence-electron chi connectivity index (χ0n) is 14.2. The van der Waals surface area contributed by atoms with E-state index < -0.39 is 13.8 Å². The second-order valence-electron chi connectivity index (χ2n) is 5.96. The first-order chi connectivity index (χ1) is 10.5. The second-order valence-corrected chi connectivity index (χ2v) is 8.93. The molecule has 2 aromatic carbocycles. The summed E-state index contributed by atoms with van der Waals surface area (Å²) in [6.07, 6.45) is 0. The van der Waals surface area contributed by atoms with Gasteiger partial charge in [-0.1, -0.05) is 0 Å². The molecule has 0 bridgehead atoms. The third kappa shape index (κ3) is 5.33. The summed E-state index contributed by atoms with van der Waals surface area (Å²) in [6, 6.07) is 16.2. The zero-order chi connectivity index (χ0) is 16.1. The molecule has 3 nitrogen and oxygen atoms in total. The number of rotatable bonds is 6. The first kappa shape index (κ1) is 19.7. The summed E-state index contributed by atoms with van der Waals surface area (Å²) in [6.45, 7) is 1.63. The molecule has 0 aliphatic heterocycles. The quantitative estimate of drug-likeness (QED) is 0.707. The standard InChI is InChI=1S/C18H24N2OSe.FH/c1-19(2)13-15-9-5-7-11-17(15)22(21)18-12-8-6-10-16(18)14-20(3)4;/h5-12H,13-14H2,1-4H3;1H. The number of nitrogens with zero attached hydrogens (tertiary/aromatic N) is 2. The van der Waals surface area contributed by atoms with Gasteiger partial charge in [0.1, 0.15) is 0 Å². The minimum Gasteiger partial charge on any atom is -0.269 e. The third-order valence-electron chi connectivity index (χ3n) is 3.32. The Morgan fingerprint density at radius 2 is 1.09 bits per heavy atom. The van der Waals surface area contributed by atoms with Gasteiger partial charge in [-0.3, -0.25) is 4.70 Å². The molecule has 126 valence electrons. The van der Waals surface area contributed by atoms with Crippen LogP contribution in [-0.2, 0) is 16.9 Å². The molecule has 0 saturated carbocycles. The van der Waals surface area contributed by atoms with E-state index in [1.807, 2.05) is 64.6 Å². The number of benzene rings is 2. The van der Waals surface area contributed by atoms with Crippen molar-refractivity contribution in [3.63, 3.8) is 0 Å². The molecule has 0 radical (unpaired) electrons. The number of hydrogen-bond donors (Lipinski definition) is 0. The molecule has 5 heteroatoms. The van der Waals surface area contributed by atoms with Crippen molar-refractivity contribution < 1.29 is 8.54 Å². The Labute approximate surface area is 142 Å². The monoisotopic (exact) mass is 384 g/mol. The largest absolute Gasteiger partial charge is 0.269 e. The molecule has 0 atom stereocenters. The molecule has 0 aliphatic rings. The maximum Gasteiger partial charge on any atom is -0.269 e. The molecule has 23 heavy (non-hydrogen) atoms. The van der Waals surface area contributed by atoms with E-state index >= 15 is 0 Å². The van der Waals surface area contributed by atoms with Gasteiger partial charge in [0.05, 0.1) is 0 Å².